The van der Waals surface area contributed by atoms with Crippen molar-refractivity contribution >= 4 is 10.1 Å². The van der Waals surface area contributed by atoms with Crippen LogP contribution in [0, 0.1) is 0 Å². The van der Waals surface area contributed by atoms with Crippen molar-refractivity contribution in [2.24, 2.45) is 0 Å². The van der Waals surface area contributed by atoms with Gasteiger partial charge in [-0.1, -0.05) is 30.3 Å². The van der Waals surface area contributed by atoms with Gasteiger partial charge in [0.15, 0.2) is 5.79 Å². The molecule has 0 aromatic heterocycles. The predicted molar refractivity (Wildman–Crippen MR) is 106 cm³/mol. The molecule has 1 saturated heterocycles. The van der Waals surface area contributed by atoms with Crippen LogP contribution in [0.2, 0.25) is 0 Å². The lowest BCUT2D eigenvalue weighted by molar-refractivity contribution is -0.382. The summed E-state index contributed by atoms with van der Waals surface area (Å²) in [6, 6.07) is 6.51. The number of nitrogens with zero attached hydrogens (tertiary/aromatic N) is 1. The third-order valence-corrected chi connectivity index (χ3v) is 6.62. The van der Waals surface area contributed by atoms with Gasteiger partial charge in [0.2, 0.25) is 0 Å². The number of hydrogen-bond acceptors (Lipinski definition) is 7. The van der Waals surface area contributed by atoms with Gasteiger partial charge in [-0.3, -0.25) is 4.84 Å². The molecule has 1 aromatic rings. The Morgan fingerprint density at radius 3 is 2.11 bits per heavy atom. The van der Waals surface area contributed by atoms with Gasteiger partial charge in [0, 0.05) is 0 Å². The monoisotopic (exact) mass is 573 g/mol. The molecule has 2 aliphatic heterocycles. The van der Waals surface area contributed by atoms with Gasteiger partial charge >= 0.3 is 33.4 Å². The summed E-state index contributed by atoms with van der Waals surface area (Å²) in [4.78, 5) is 5.41. The van der Waals surface area contributed by atoms with Crippen molar-refractivity contribution in [2.75, 3.05) is 13.2 Å². The topological polar surface area (TPSA) is 74.3 Å². The van der Waals surface area contributed by atoms with Crippen LogP contribution in [0.15, 0.2) is 42.2 Å². The maximum atomic E-state index is 14.3. The smallest absolute Gasteiger partial charge is 0.381 e. The van der Waals surface area contributed by atoms with Crippen LogP contribution in [-0.4, -0.2) is 67.9 Å². The van der Waals surface area contributed by atoms with Crippen LogP contribution in [-0.2, 0) is 35.2 Å². The van der Waals surface area contributed by atoms with Gasteiger partial charge in [0.25, 0.3) is 0 Å². The lowest BCUT2D eigenvalue weighted by Crippen LogP contribution is -2.63. The second-order valence-electron chi connectivity index (χ2n) is 8.48. The van der Waals surface area contributed by atoms with Gasteiger partial charge in [0.1, 0.15) is 17.9 Å². The summed E-state index contributed by atoms with van der Waals surface area (Å²) in [6.07, 6.45) is -7.72. The molecule has 3 rings (SSSR count). The highest BCUT2D eigenvalue weighted by Crippen LogP contribution is 2.55. The molecule has 0 spiro atoms. The maximum absolute atomic E-state index is 14.3. The minimum atomic E-state index is -7.43. The van der Waals surface area contributed by atoms with Gasteiger partial charge in [-0.25, -0.2) is 0 Å². The second kappa shape index (κ2) is 9.59. The molecule has 0 aliphatic carbocycles. The number of hydroxylamine groups is 2. The van der Waals surface area contributed by atoms with Crippen molar-refractivity contribution in [1.82, 2.24) is 5.06 Å². The summed E-state index contributed by atoms with van der Waals surface area (Å²) in [5, 5.41) is -6.02. The molecule has 2 heterocycles. The van der Waals surface area contributed by atoms with Crippen LogP contribution in [0.3, 0.4) is 0 Å². The fraction of sp³-hybridized carbons (Fsp3) is 0.600. The highest BCUT2D eigenvalue weighted by molar-refractivity contribution is 7.88. The largest absolute Gasteiger partial charge is 0.460 e. The zero-order valence-electron chi connectivity index (χ0n) is 18.9. The maximum Gasteiger partial charge on any atom is 0.460 e. The van der Waals surface area contributed by atoms with E-state index in [9.17, 15) is 47.9 Å². The molecule has 0 bridgehead atoms. The zero-order valence-corrected chi connectivity index (χ0v) is 19.8. The SMILES string of the molecule is CC1(C)OC[C@H]([C@@H]2C(OS(=O)(=O)C(F)(F)C(F)(F)C(F)(F)C(F)(F)F)=CCON2Cc2ccccc2)O1. The molecule has 0 radical (unpaired) electrons. The molecular weight excluding hydrogens is 553 g/mol. The van der Waals surface area contributed by atoms with Crippen LogP contribution in [0.5, 0.6) is 0 Å². The van der Waals surface area contributed by atoms with Crippen molar-refractivity contribution in [3.63, 3.8) is 0 Å². The fourth-order valence-corrected chi connectivity index (χ4v) is 4.45. The molecule has 2 aliphatic rings. The Bertz CT molecular complexity index is 1110. The van der Waals surface area contributed by atoms with Gasteiger partial charge in [-0.05, 0) is 25.5 Å². The molecule has 0 unspecified atom stereocenters. The Hall–Kier alpha value is -2.08. The number of rotatable bonds is 8. The molecular formula is C20H20F9NO6S. The molecule has 1 fully saturated rings. The van der Waals surface area contributed by atoms with Crippen molar-refractivity contribution < 1.29 is 66.4 Å². The highest BCUT2D eigenvalue weighted by Gasteiger charge is 2.86. The van der Waals surface area contributed by atoms with Gasteiger partial charge in [-0.2, -0.15) is 53.0 Å². The molecule has 0 saturated carbocycles. The Morgan fingerprint density at radius 1 is 1.00 bits per heavy atom. The van der Waals surface area contributed by atoms with E-state index in [4.69, 9.17) is 14.3 Å². The quantitative estimate of drug-likeness (QED) is 0.332. The molecule has 210 valence electrons. The Morgan fingerprint density at radius 2 is 1.59 bits per heavy atom. The van der Waals surface area contributed by atoms with E-state index in [2.05, 4.69) is 4.18 Å². The van der Waals surface area contributed by atoms with Gasteiger partial charge in [0.05, 0.1) is 19.8 Å². The minimum Gasteiger partial charge on any atom is -0.381 e. The molecule has 1 aromatic carbocycles. The zero-order chi connectivity index (χ0) is 28.1. The van der Waals surface area contributed by atoms with Crippen LogP contribution < -0.4 is 0 Å². The molecule has 37 heavy (non-hydrogen) atoms. The van der Waals surface area contributed by atoms with E-state index in [1.807, 2.05) is 0 Å². The van der Waals surface area contributed by atoms with Crippen molar-refractivity contribution in [2.45, 2.75) is 61.6 Å². The van der Waals surface area contributed by atoms with E-state index in [1.165, 1.54) is 13.8 Å². The number of halogens is 9. The number of ether oxygens (including phenoxy) is 2. The number of alkyl halides is 9. The average Bonchev–Trinajstić information content (AvgIpc) is 3.12. The summed E-state index contributed by atoms with van der Waals surface area (Å²) >= 11 is 0. The minimum absolute atomic E-state index is 0.161. The van der Waals surface area contributed by atoms with E-state index >= 15 is 0 Å². The van der Waals surface area contributed by atoms with E-state index in [1.54, 1.807) is 30.3 Å². The lowest BCUT2D eigenvalue weighted by atomic mass is 10.1. The third-order valence-electron chi connectivity index (χ3n) is 5.33. The first-order chi connectivity index (χ1) is 16.7. The van der Waals surface area contributed by atoms with Crippen LogP contribution in [0.4, 0.5) is 39.5 Å². The average molecular weight is 573 g/mol. The Labute approximate surface area is 204 Å². The Kier molecular flexibility index (Phi) is 7.64. The van der Waals surface area contributed by atoms with E-state index in [0.29, 0.717) is 11.6 Å². The third kappa shape index (κ3) is 5.41. The van der Waals surface area contributed by atoms with E-state index in [0.717, 1.165) is 5.06 Å². The van der Waals surface area contributed by atoms with Crippen LogP contribution >= 0.6 is 0 Å². The highest BCUT2D eigenvalue weighted by atomic mass is 32.2. The molecule has 0 N–H and O–H groups in total. The van der Waals surface area contributed by atoms with E-state index < -0.39 is 63.7 Å². The first-order valence-corrected chi connectivity index (χ1v) is 11.7. The molecule has 7 nitrogen and oxygen atoms in total. The summed E-state index contributed by atoms with van der Waals surface area (Å²) in [5.74, 6) is -17.2. The normalized spacial score (nSPS) is 24.1. The summed E-state index contributed by atoms with van der Waals surface area (Å²) in [6.45, 7) is 1.84. The van der Waals surface area contributed by atoms with Crippen molar-refractivity contribution in [3.8, 4) is 0 Å². The molecule has 0 amide bonds. The van der Waals surface area contributed by atoms with E-state index in [-0.39, 0.29) is 13.2 Å². The van der Waals surface area contributed by atoms with Gasteiger partial charge < -0.3 is 13.7 Å². The standard InChI is InChI=1S/C20H20F9NO6S/c1-16(2)33-11-14(35-16)15-13(8-9-34-30(15)10-12-6-4-3-5-7-12)36-37(31,32)20(28,29)18(23,24)17(21,22)19(25,26)27/h3-8,14-15H,9-11H2,1-2H3/t14-,15+/m1/s1. The first kappa shape index (κ1) is 29.5. The fourth-order valence-electron chi connectivity index (χ4n) is 3.49. The lowest BCUT2D eigenvalue weighted by Gasteiger charge is -2.38. The number of hydrogen-bond donors (Lipinski definition) is 0. The summed E-state index contributed by atoms with van der Waals surface area (Å²) in [7, 11) is -7.16. The first-order valence-electron chi connectivity index (χ1n) is 10.3. The molecule has 17 heteroatoms. The van der Waals surface area contributed by atoms with Crippen LogP contribution in [0.1, 0.15) is 19.4 Å². The predicted octanol–water partition coefficient (Wildman–Crippen LogP) is 4.61. The van der Waals surface area contributed by atoms with Crippen molar-refractivity contribution in [3.05, 3.63) is 47.7 Å². The van der Waals surface area contributed by atoms with Crippen molar-refractivity contribution in [1.29, 1.82) is 0 Å². The Balaban J connectivity index is 1.97. The second-order valence-corrected chi connectivity index (χ2v) is 10.1. The van der Waals surface area contributed by atoms with Gasteiger partial charge in [-0.15, -0.1) is 0 Å². The molecule has 2 atom stereocenters. The number of benzene rings is 1. The summed E-state index contributed by atoms with van der Waals surface area (Å²) < 4.78 is 159. The van der Waals surface area contributed by atoms with Crippen LogP contribution in [0.25, 0.3) is 0 Å². The summed E-state index contributed by atoms with van der Waals surface area (Å²) in [5.41, 5.74) is 0.538.